The number of ether oxygens (including phenoxy) is 1. The summed E-state index contributed by atoms with van der Waals surface area (Å²) in [6, 6.07) is 8.59. The lowest BCUT2D eigenvalue weighted by atomic mass is 9.96. The molecule has 0 unspecified atom stereocenters. The summed E-state index contributed by atoms with van der Waals surface area (Å²) in [5.41, 5.74) is 3.31. The normalized spacial score (nSPS) is 19.4. The molecule has 0 amide bonds. The van der Waals surface area contributed by atoms with Crippen molar-refractivity contribution in [3.05, 3.63) is 48.4 Å². The molecule has 7 heteroatoms. The van der Waals surface area contributed by atoms with Crippen LogP contribution in [0.25, 0.3) is 22.5 Å². The molecule has 4 rings (SSSR count). The molecule has 1 fully saturated rings. The Hall–Kier alpha value is -3.09. The monoisotopic (exact) mass is 380 g/mol. The molecule has 0 saturated heterocycles. The molecule has 1 aromatic carbocycles. The van der Waals surface area contributed by atoms with Crippen molar-refractivity contribution in [1.29, 1.82) is 0 Å². The van der Waals surface area contributed by atoms with Crippen molar-refractivity contribution in [2.24, 2.45) is 0 Å². The molecular formula is C21H21FN4O2. The number of alkyl halides is 1. The van der Waals surface area contributed by atoms with E-state index in [1.54, 1.807) is 36.7 Å². The molecule has 1 N–H and O–H groups in total. The molecule has 0 radical (unpaired) electrons. The van der Waals surface area contributed by atoms with E-state index in [0.29, 0.717) is 35.7 Å². The van der Waals surface area contributed by atoms with Crippen LogP contribution in [0.2, 0.25) is 0 Å². The molecule has 2 heterocycles. The molecule has 2 atom stereocenters. The Kier molecular flexibility index (Phi) is 5.14. The first kappa shape index (κ1) is 18.3. The van der Waals surface area contributed by atoms with Crippen LogP contribution < -0.4 is 4.74 Å². The van der Waals surface area contributed by atoms with E-state index in [0.717, 1.165) is 24.1 Å². The lowest BCUT2D eigenvalue weighted by Gasteiger charge is -2.25. The first-order valence-electron chi connectivity index (χ1n) is 9.37. The lowest BCUT2D eigenvalue weighted by Crippen LogP contribution is -2.32. The van der Waals surface area contributed by atoms with Gasteiger partial charge in [0.25, 0.3) is 0 Å². The summed E-state index contributed by atoms with van der Waals surface area (Å²) < 4.78 is 19.6. The topological polar surface area (TPSA) is 81.0 Å². The number of aromatic nitrogens is 4. The quantitative estimate of drug-likeness (QED) is 0.728. The predicted octanol–water partition coefficient (Wildman–Crippen LogP) is 4.27. The third-order valence-electron chi connectivity index (χ3n) is 4.88. The average molecular weight is 380 g/mol. The van der Waals surface area contributed by atoms with E-state index in [1.807, 2.05) is 13.0 Å². The van der Waals surface area contributed by atoms with Gasteiger partial charge in [0, 0.05) is 23.4 Å². The third kappa shape index (κ3) is 3.93. The highest BCUT2D eigenvalue weighted by Gasteiger charge is 2.26. The van der Waals surface area contributed by atoms with Crippen LogP contribution in [0.1, 0.15) is 31.4 Å². The maximum Gasteiger partial charge on any atom is 0.233 e. The standard InChI is InChI=1S/C21H21FN4O2/c1-13-11-24-18(12-23-13)14-6-7-15(19(27)10-14)17-8-9-21(26-25-17)28-20-5-3-2-4-16(20)22/h6-12,16,20,27H,2-5H2,1H3/t16-,20+/m0/s1. The van der Waals surface area contributed by atoms with E-state index in [9.17, 15) is 9.50 Å². The van der Waals surface area contributed by atoms with Gasteiger partial charge in [-0.1, -0.05) is 12.5 Å². The van der Waals surface area contributed by atoms with Crippen LogP contribution in [-0.2, 0) is 0 Å². The number of hydrogen-bond donors (Lipinski definition) is 1. The Morgan fingerprint density at radius 1 is 1.00 bits per heavy atom. The number of phenolic OH excluding ortho intramolecular Hbond substituents is 1. The van der Waals surface area contributed by atoms with Crippen molar-refractivity contribution in [2.75, 3.05) is 0 Å². The van der Waals surface area contributed by atoms with E-state index < -0.39 is 12.3 Å². The molecule has 3 aromatic rings. The van der Waals surface area contributed by atoms with E-state index in [-0.39, 0.29) is 5.75 Å². The summed E-state index contributed by atoms with van der Waals surface area (Å²) in [6.07, 6.45) is 5.00. The molecule has 28 heavy (non-hydrogen) atoms. The first-order chi connectivity index (χ1) is 13.6. The zero-order valence-corrected chi connectivity index (χ0v) is 15.5. The van der Waals surface area contributed by atoms with Crippen LogP contribution in [0.5, 0.6) is 11.6 Å². The maximum absolute atomic E-state index is 13.9. The molecule has 144 valence electrons. The lowest BCUT2D eigenvalue weighted by molar-refractivity contribution is 0.0594. The fourth-order valence-electron chi connectivity index (χ4n) is 3.32. The molecule has 1 aliphatic rings. The Morgan fingerprint density at radius 3 is 2.54 bits per heavy atom. The largest absolute Gasteiger partial charge is 0.507 e. The van der Waals surface area contributed by atoms with Crippen molar-refractivity contribution >= 4 is 0 Å². The Balaban J connectivity index is 1.51. The maximum atomic E-state index is 13.9. The summed E-state index contributed by atoms with van der Waals surface area (Å²) in [5.74, 6) is 0.364. The molecular weight excluding hydrogens is 359 g/mol. The fraction of sp³-hybridized carbons (Fsp3) is 0.333. The number of nitrogens with zero attached hydrogens (tertiary/aromatic N) is 4. The molecule has 0 aliphatic heterocycles. The van der Waals surface area contributed by atoms with Crippen molar-refractivity contribution in [3.63, 3.8) is 0 Å². The van der Waals surface area contributed by atoms with Crippen molar-refractivity contribution in [1.82, 2.24) is 20.2 Å². The summed E-state index contributed by atoms with van der Waals surface area (Å²) in [7, 11) is 0. The van der Waals surface area contributed by atoms with Crippen LogP contribution in [0.3, 0.4) is 0 Å². The molecule has 6 nitrogen and oxygen atoms in total. The van der Waals surface area contributed by atoms with Gasteiger partial charge in [-0.2, -0.15) is 0 Å². The number of phenols is 1. The number of rotatable bonds is 4. The van der Waals surface area contributed by atoms with Gasteiger partial charge in [-0.15, -0.1) is 10.2 Å². The second-order valence-electron chi connectivity index (χ2n) is 6.99. The van der Waals surface area contributed by atoms with E-state index >= 15 is 0 Å². The zero-order chi connectivity index (χ0) is 19.5. The number of halogens is 1. The van der Waals surface area contributed by atoms with Crippen molar-refractivity contribution in [3.8, 4) is 34.1 Å². The highest BCUT2D eigenvalue weighted by molar-refractivity contribution is 5.72. The Morgan fingerprint density at radius 2 is 1.86 bits per heavy atom. The van der Waals surface area contributed by atoms with E-state index in [1.165, 1.54) is 0 Å². The van der Waals surface area contributed by atoms with Crippen LogP contribution in [0.15, 0.2) is 42.7 Å². The Labute approximate surface area is 162 Å². The van der Waals surface area contributed by atoms with Crippen LogP contribution in [-0.4, -0.2) is 37.5 Å². The van der Waals surface area contributed by atoms with Crippen LogP contribution in [0, 0.1) is 6.92 Å². The van der Waals surface area contributed by atoms with Gasteiger partial charge in [0.1, 0.15) is 18.0 Å². The predicted molar refractivity (Wildman–Crippen MR) is 103 cm³/mol. The van der Waals surface area contributed by atoms with Gasteiger partial charge in [-0.05, 0) is 44.4 Å². The zero-order valence-electron chi connectivity index (χ0n) is 15.5. The molecule has 2 aromatic heterocycles. The van der Waals surface area contributed by atoms with Crippen molar-refractivity contribution in [2.45, 2.75) is 44.9 Å². The van der Waals surface area contributed by atoms with Gasteiger partial charge in [0.05, 0.1) is 23.3 Å². The smallest absolute Gasteiger partial charge is 0.233 e. The summed E-state index contributed by atoms with van der Waals surface area (Å²) >= 11 is 0. The van der Waals surface area contributed by atoms with Crippen LogP contribution >= 0.6 is 0 Å². The minimum absolute atomic E-state index is 0.0685. The highest BCUT2D eigenvalue weighted by Crippen LogP contribution is 2.32. The number of benzene rings is 1. The first-order valence-corrected chi connectivity index (χ1v) is 9.37. The Bertz CT molecular complexity index is 948. The number of hydrogen-bond acceptors (Lipinski definition) is 6. The van der Waals surface area contributed by atoms with Crippen LogP contribution in [0.4, 0.5) is 4.39 Å². The summed E-state index contributed by atoms with van der Waals surface area (Å²) in [5, 5.41) is 18.6. The second-order valence-corrected chi connectivity index (χ2v) is 6.99. The van der Waals surface area contributed by atoms with Crippen molar-refractivity contribution < 1.29 is 14.2 Å². The third-order valence-corrected chi connectivity index (χ3v) is 4.88. The van der Waals surface area contributed by atoms with Gasteiger partial charge in [-0.25, -0.2) is 4.39 Å². The number of aromatic hydroxyl groups is 1. The summed E-state index contributed by atoms with van der Waals surface area (Å²) in [4.78, 5) is 8.54. The second kappa shape index (κ2) is 7.88. The van der Waals surface area contributed by atoms with E-state index in [2.05, 4.69) is 20.2 Å². The van der Waals surface area contributed by atoms with Gasteiger partial charge in [0.15, 0.2) is 0 Å². The molecule has 0 spiro atoms. The summed E-state index contributed by atoms with van der Waals surface area (Å²) in [6.45, 7) is 1.87. The molecule has 1 aliphatic carbocycles. The van der Waals surface area contributed by atoms with Gasteiger partial charge < -0.3 is 9.84 Å². The highest BCUT2D eigenvalue weighted by atomic mass is 19.1. The van der Waals surface area contributed by atoms with E-state index in [4.69, 9.17) is 4.74 Å². The van der Waals surface area contributed by atoms with Gasteiger partial charge >= 0.3 is 0 Å². The minimum atomic E-state index is -0.961. The average Bonchev–Trinajstić information content (AvgIpc) is 2.71. The number of aryl methyl sites for hydroxylation is 1. The minimum Gasteiger partial charge on any atom is -0.507 e. The van der Waals surface area contributed by atoms with Gasteiger partial charge in [0.2, 0.25) is 5.88 Å². The SMILES string of the molecule is Cc1cnc(-c2ccc(-c3ccc(O[C@@H]4CCCC[C@@H]4F)nn3)c(O)c2)cn1. The fourth-order valence-corrected chi connectivity index (χ4v) is 3.32. The molecule has 0 bridgehead atoms. The van der Waals surface area contributed by atoms with Gasteiger partial charge in [-0.3, -0.25) is 9.97 Å². The molecule has 1 saturated carbocycles.